The van der Waals surface area contributed by atoms with Gasteiger partial charge in [-0.25, -0.2) is 18.7 Å². The maximum atomic E-state index is 13.7. The minimum Gasteiger partial charge on any atom is -0.386 e. The van der Waals surface area contributed by atoms with Crippen LogP contribution in [-0.4, -0.2) is 30.0 Å². The van der Waals surface area contributed by atoms with Crippen molar-refractivity contribution in [1.29, 1.82) is 0 Å². The molecule has 11 heteroatoms. The first kappa shape index (κ1) is 34.1. The van der Waals surface area contributed by atoms with E-state index in [0.29, 0.717) is 32.0 Å². The molecule has 0 bridgehead atoms. The van der Waals surface area contributed by atoms with Gasteiger partial charge in [-0.1, -0.05) is 82.8 Å². The van der Waals surface area contributed by atoms with E-state index in [1.54, 1.807) is 51.4 Å². The predicted octanol–water partition coefficient (Wildman–Crippen LogP) is 10.4. The number of carbonyl (C=O) groups excluding carboxylic acids is 1. The summed E-state index contributed by atoms with van der Waals surface area (Å²) < 4.78 is 27.4. The first-order valence-electron chi connectivity index (χ1n) is 13.6. The van der Waals surface area contributed by atoms with E-state index in [9.17, 15) is 13.6 Å². The van der Waals surface area contributed by atoms with E-state index in [1.165, 1.54) is 11.1 Å². The second kappa shape index (κ2) is 14.6. The normalized spacial score (nSPS) is 11.0. The number of nitrogens with zero attached hydrogens (tertiary/aromatic N) is 3. The van der Waals surface area contributed by atoms with Crippen molar-refractivity contribution in [1.82, 2.24) is 9.97 Å². The lowest BCUT2D eigenvalue weighted by atomic mass is 9.83. The predicted molar refractivity (Wildman–Crippen MR) is 182 cm³/mol. The van der Waals surface area contributed by atoms with Crippen LogP contribution in [0.1, 0.15) is 19.4 Å². The van der Waals surface area contributed by atoms with Gasteiger partial charge in [0.2, 0.25) is 5.91 Å². The van der Waals surface area contributed by atoms with Gasteiger partial charge < -0.3 is 10.2 Å². The van der Waals surface area contributed by atoms with Crippen LogP contribution >= 0.6 is 46.4 Å². The number of carbonyl (C=O) groups is 1. The second-order valence-electron chi connectivity index (χ2n) is 10.4. The molecule has 0 unspecified atom stereocenters. The zero-order valence-corrected chi connectivity index (χ0v) is 27.7. The molecule has 0 saturated heterocycles. The molecule has 2 heterocycles. The number of rotatable bonds is 6. The summed E-state index contributed by atoms with van der Waals surface area (Å²) in [6.07, 6.45) is 3.17. The number of nitrogens with one attached hydrogen (secondary N) is 1. The van der Waals surface area contributed by atoms with Crippen LogP contribution in [0.3, 0.4) is 0 Å². The first-order chi connectivity index (χ1) is 21.3. The molecular formula is C34H28Cl4F2N4O. The van der Waals surface area contributed by atoms with Gasteiger partial charge in [-0.05, 0) is 55.8 Å². The Hall–Kier alpha value is -3.75. The Morgan fingerprint density at radius 2 is 1.22 bits per heavy atom. The molecule has 1 amide bonds. The number of hydrogen-bond donors (Lipinski definition) is 1. The van der Waals surface area contributed by atoms with Gasteiger partial charge in [-0.3, -0.25) is 4.79 Å². The Labute approximate surface area is 280 Å². The highest BCUT2D eigenvalue weighted by Gasteiger charge is 2.35. The van der Waals surface area contributed by atoms with Crippen molar-refractivity contribution < 1.29 is 13.6 Å². The molecule has 0 saturated carbocycles. The zero-order chi connectivity index (χ0) is 32.9. The summed E-state index contributed by atoms with van der Waals surface area (Å²) in [5.41, 5.74) is 3.60. The minimum absolute atomic E-state index is 0.230. The molecule has 2 aromatic heterocycles. The van der Waals surface area contributed by atoms with Crippen LogP contribution in [0.4, 0.5) is 20.2 Å². The highest BCUT2D eigenvalue weighted by Crippen LogP contribution is 2.38. The quantitative estimate of drug-likeness (QED) is 0.181. The fourth-order valence-electron chi connectivity index (χ4n) is 4.68. The number of hydrogen-bond acceptors (Lipinski definition) is 4. The molecule has 0 fully saturated rings. The van der Waals surface area contributed by atoms with E-state index in [4.69, 9.17) is 46.4 Å². The number of aromatic nitrogens is 2. The maximum Gasteiger partial charge on any atom is 0.236 e. The largest absolute Gasteiger partial charge is 0.386 e. The fraction of sp³-hybridized carbons (Fsp3) is 0.147. The standard InChI is InChI=1S/C22H18Cl2F2N2O.C12H10Cl2N2/c1-22(2,13-8-14(25)10-15(26)9-13)21(29)28(3)19-12-27-20(24)11-17(19)16-6-4-5-7-18(16)23;1-15-11-7-16-12(14)6-9(11)8-4-2-3-5-10(8)13/h4-12H,1-3H3;2-7,15H,1H3. The lowest BCUT2D eigenvalue weighted by Crippen LogP contribution is -2.42. The molecule has 0 aliphatic rings. The van der Waals surface area contributed by atoms with E-state index in [0.717, 1.165) is 35.0 Å². The number of halogens is 6. The fourth-order valence-corrected chi connectivity index (χ4v) is 5.47. The van der Waals surface area contributed by atoms with Crippen LogP contribution in [0.25, 0.3) is 22.3 Å². The molecule has 3 aromatic carbocycles. The molecule has 5 aromatic rings. The SMILES string of the molecule is CN(C(=O)C(C)(C)c1cc(F)cc(F)c1)c1cnc(Cl)cc1-c1ccccc1Cl.CNc1cnc(Cl)cc1-c1ccccc1Cl. The maximum absolute atomic E-state index is 13.7. The molecule has 0 spiro atoms. The van der Waals surface area contributed by atoms with E-state index in [-0.39, 0.29) is 16.6 Å². The number of likely N-dealkylation sites (N-methyl/N-ethyl adjacent to an activating group) is 1. The van der Waals surface area contributed by atoms with Gasteiger partial charge in [0.25, 0.3) is 0 Å². The van der Waals surface area contributed by atoms with E-state index >= 15 is 0 Å². The number of anilines is 2. The lowest BCUT2D eigenvalue weighted by Gasteiger charge is -2.31. The Morgan fingerprint density at radius 3 is 1.76 bits per heavy atom. The van der Waals surface area contributed by atoms with Gasteiger partial charge in [0.1, 0.15) is 21.9 Å². The van der Waals surface area contributed by atoms with Crippen LogP contribution in [0, 0.1) is 11.6 Å². The highest BCUT2D eigenvalue weighted by molar-refractivity contribution is 6.34. The van der Waals surface area contributed by atoms with Gasteiger partial charge >= 0.3 is 0 Å². The van der Waals surface area contributed by atoms with Crippen molar-refractivity contribution in [3.8, 4) is 22.3 Å². The third-order valence-corrected chi connectivity index (χ3v) is 8.18. The van der Waals surface area contributed by atoms with Gasteiger partial charge in [0.15, 0.2) is 0 Å². The summed E-state index contributed by atoms with van der Waals surface area (Å²) >= 11 is 24.5. The van der Waals surface area contributed by atoms with Crippen molar-refractivity contribution in [3.05, 3.63) is 129 Å². The molecule has 5 nitrogen and oxygen atoms in total. The van der Waals surface area contributed by atoms with Crippen molar-refractivity contribution in [2.75, 3.05) is 24.3 Å². The van der Waals surface area contributed by atoms with Crippen molar-refractivity contribution in [2.45, 2.75) is 19.3 Å². The Bertz CT molecular complexity index is 1830. The van der Waals surface area contributed by atoms with Gasteiger partial charge in [-0.2, -0.15) is 0 Å². The van der Waals surface area contributed by atoms with E-state index in [1.807, 2.05) is 43.4 Å². The van der Waals surface area contributed by atoms with Crippen LogP contribution in [0.5, 0.6) is 0 Å². The third-order valence-electron chi connectivity index (χ3n) is 7.10. The first-order valence-corrected chi connectivity index (χ1v) is 15.1. The number of benzene rings is 3. The Morgan fingerprint density at radius 1 is 0.733 bits per heavy atom. The van der Waals surface area contributed by atoms with Crippen LogP contribution < -0.4 is 10.2 Å². The molecule has 0 atom stereocenters. The molecule has 232 valence electrons. The number of amides is 1. The van der Waals surface area contributed by atoms with E-state index < -0.39 is 17.0 Å². The average Bonchev–Trinajstić information content (AvgIpc) is 3.00. The summed E-state index contributed by atoms with van der Waals surface area (Å²) in [6, 6.07) is 21.3. The van der Waals surface area contributed by atoms with Gasteiger partial charge in [0, 0.05) is 52.5 Å². The van der Waals surface area contributed by atoms with Gasteiger partial charge in [-0.15, -0.1) is 0 Å². The minimum atomic E-state index is -1.20. The zero-order valence-electron chi connectivity index (χ0n) is 24.7. The Balaban J connectivity index is 0.000000242. The van der Waals surface area contributed by atoms with Crippen molar-refractivity contribution in [3.63, 3.8) is 0 Å². The van der Waals surface area contributed by atoms with Crippen LogP contribution in [0.2, 0.25) is 20.4 Å². The Kier molecular flexibility index (Phi) is 11.0. The molecule has 0 aliphatic heterocycles. The number of pyridine rings is 2. The molecule has 0 radical (unpaired) electrons. The van der Waals surface area contributed by atoms with Gasteiger partial charge in [0.05, 0.1) is 29.2 Å². The smallest absolute Gasteiger partial charge is 0.236 e. The highest BCUT2D eigenvalue weighted by atomic mass is 35.5. The van der Waals surface area contributed by atoms with Crippen molar-refractivity contribution in [2.24, 2.45) is 0 Å². The molecular weight excluding hydrogens is 660 g/mol. The van der Waals surface area contributed by atoms with Crippen molar-refractivity contribution >= 4 is 63.7 Å². The summed E-state index contributed by atoms with van der Waals surface area (Å²) in [5, 5.41) is 4.95. The lowest BCUT2D eigenvalue weighted by molar-refractivity contribution is -0.122. The average molecular weight is 688 g/mol. The summed E-state index contributed by atoms with van der Waals surface area (Å²) in [6.45, 7) is 3.22. The summed E-state index contributed by atoms with van der Waals surface area (Å²) in [7, 11) is 3.41. The molecule has 1 N–H and O–H groups in total. The topological polar surface area (TPSA) is 58.1 Å². The van der Waals surface area contributed by atoms with E-state index in [2.05, 4.69) is 15.3 Å². The van der Waals surface area contributed by atoms with Crippen LogP contribution in [-0.2, 0) is 10.2 Å². The third kappa shape index (κ3) is 7.92. The molecule has 5 rings (SSSR count). The second-order valence-corrected chi connectivity index (χ2v) is 12.0. The molecule has 45 heavy (non-hydrogen) atoms. The molecule has 0 aliphatic carbocycles. The summed E-state index contributed by atoms with van der Waals surface area (Å²) in [4.78, 5) is 22.8. The monoisotopic (exact) mass is 686 g/mol. The van der Waals surface area contributed by atoms with Crippen LogP contribution in [0.15, 0.2) is 91.3 Å². The summed E-state index contributed by atoms with van der Waals surface area (Å²) in [5.74, 6) is -1.86.